The molecule has 6 nitrogen and oxygen atoms in total. The number of aromatic nitrogens is 1. The van der Waals surface area contributed by atoms with Crippen molar-refractivity contribution in [3.8, 4) is 5.75 Å². The lowest BCUT2D eigenvalue weighted by Gasteiger charge is -2.40. The van der Waals surface area contributed by atoms with Gasteiger partial charge in [-0.05, 0) is 57.1 Å². The first-order chi connectivity index (χ1) is 11.4. The van der Waals surface area contributed by atoms with Gasteiger partial charge in [-0.3, -0.25) is 4.98 Å². The third kappa shape index (κ3) is 3.98. The molecule has 1 aromatic heterocycles. The molecular weight excluding hydrogens is 308 g/mol. The number of hydrogen-bond acceptors (Lipinski definition) is 5. The van der Waals surface area contributed by atoms with Gasteiger partial charge >= 0.3 is 6.09 Å². The normalized spacial score (nSPS) is 25.8. The number of nitrogens with zero attached hydrogens (tertiary/aromatic N) is 2. The molecule has 6 heteroatoms. The second kappa shape index (κ2) is 6.59. The molecule has 0 aromatic carbocycles. The van der Waals surface area contributed by atoms with Gasteiger partial charge in [0.05, 0.1) is 12.2 Å². The van der Waals surface area contributed by atoms with Crippen LogP contribution in [0.4, 0.5) is 4.79 Å². The number of carbonyl (C=O) groups is 1. The molecule has 1 unspecified atom stereocenters. The minimum Gasteiger partial charge on any atom is -0.490 e. The summed E-state index contributed by atoms with van der Waals surface area (Å²) in [6.07, 6.45) is 5.18. The van der Waals surface area contributed by atoms with Crippen molar-refractivity contribution in [3.63, 3.8) is 0 Å². The van der Waals surface area contributed by atoms with Crippen LogP contribution in [-0.4, -0.2) is 52.5 Å². The molecule has 0 bridgehead atoms. The quantitative estimate of drug-likeness (QED) is 0.896. The largest absolute Gasteiger partial charge is 0.490 e. The summed E-state index contributed by atoms with van der Waals surface area (Å²) < 4.78 is 11.2. The van der Waals surface area contributed by atoms with Crippen molar-refractivity contribution in [2.75, 3.05) is 19.8 Å². The van der Waals surface area contributed by atoms with Gasteiger partial charge in [-0.2, -0.15) is 0 Å². The van der Waals surface area contributed by atoms with Gasteiger partial charge in [-0.1, -0.05) is 0 Å². The summed E-state index contributed by atoms with van der Waals surface area (Å²) in [6, 6.07) is 2.04. The molecule has 132 valence electrons. The van der Waals surface area contributed by atoms with Gasteiger partial charge in [-0.25, -0.2) is 4.79 Å². The number of aliphatic hydroxyl groups is 1. The van der Waals surface area contributed by atoms with E-state index in [1.54, 1.807) is 11.1 Å². The number of pyridine rings is 1. The zero-order valence-electron chi connectivity index (χ0n) is 14.6. The number of amides is 1. The molecule has 1 aliphatic carbocycles. The van der Waals surface area contributed by atoms with Gasteiger partial charge in [0.25, 0.3) is 0 Å². The molecule has 2 heterocycles. The number of hydrogen-bond donors (Lipinski definition) is 1. The van der Waals surface area contributed by atoms with E-state index in [0.717, 1.165) is 18.4 Å². The second-order valence-corrected chi connectivity index (χ2v) is 7.67. The summed E-state index contributed by atoms with van der Waals surface area (Å²) in [5.74, 6) is 1.47. The van der Waals surface area contributed by atoms with Gasteiger partial charge in [0.15, 0.2) is 0 Å². The minimum atomic E-state index is -0.482. The van der Waals surface area contributed by atoms with Crippen LogP contribution >= 0.6 is 0 Å². The van der Waals surface area contributed by atoms with E-state index in [1.807, 2.05) is 33.0 Å². The molecule has 0 spiro atoms. The fourth-order valence-electron chi connectivity index (χ4n) is 2.94. The van der Waals surface area contributed by atoms with E-state index in [9.17, 15) is 9.90 Å². The molecule has 1 aromatic rings. The van der Waals surface area contributed by atoms with E-state index in [4.69, 9.17) is 9.47 Å². The van der Waals surface area contributed by atoms with Crippen LogP contribution in [-0.2, 0) is 4.74 Å². The second-order valence-electron chi connectivity index (χ2n) is 7.67. The summed E-state index contributed by atoms with van der Waals surface area (Å²) >= 11 is 0. The Morgan fingerprint density at radius 2 is 2.21 bits per heavy atom. The Hall–Kier alpha value is -1.82. The molecule has 1 N–H and O–H groups in total. The molecule has 0 radical (unpaired) electrons. The molecule has 1 amide bonds. The SMILES string of the molecule is CC(C)(C)OC(=O)N1CC[C@H]1COc1cncc(C2C[C@@H]2CO)c1. The van der Waals surface area contributed by atoms with Crippen molar-refractivity contribution in [3.05, 3.63) is 24.0 Å². The van der Waals surface area contributed by atoms with E-state index in [0.29, 0.717) is 30.7 Å². The van der Waals surface area contributed by atoms with Crippen LogP contribution in [0.25, 0.3) is 0 Å². The predicted octanol–water partition coefficient (Wildman–Crippen LogP) is 2.57. The molecule has 1 aliphatic heterocycles. The van der Waals surface area contributed by atoms with Crippen LogP contribution in [0.1, 0.15) is 45.1 Å². The molecule has 2 aliphatic rings. The van der Waals surface area contributed by atoms with E-state index >= 15 is 0 Å². The number of likely N-dealkylation sites (tertiary alicyclic amines) is 1. The highest BCUT2D eigenvalue weighted by atomic mass is 16.6. The van der Waals surface area contributed by atoms with E-state index in [1.165, 1.54) is 0 Å². The number of carbonyl (C=O) groups excluding carboxylic acids is 1. The average molecular weight is 334 g/mol. The summed E-state index contributed by atoms with van der Waals surface area (Å²) in [4.78, 5) is 18.0. The fourth-order valence-corrected chi connectivity index (χ4v) is 2.94. The van der Waals surface area contributed by atoms with Gasteiger partial charge in [0, 0.05) is 19.3 Å². The van der Waals surface area contributed by atoms with Crippen molar-refractivity contribution in [1.82, 2.24) is 9.88 Å². The topological polar surface area (TPSA) is 71.9 Å². The molecule has 3 rings (SSSR count). The van der Waals surface area contributed by atoms with Gasteiger partial charge < -0.3 is 19.5 Å². The van der Waals surface area contributed by atoms with Crippen LogP contribution in [0.5, 0.6) is 5.75 Å². The fraction of sp³-hybridized carbons (Fsp3) is 0.667. The maximum Gasteiger partial charge on any atom is 0.410 e. The van der Waals surface area contributed by atoms with Crippen LogP contribution in [0.3, 0.4) is 0 Å². The molecule has 3 atom stereocenters. The van der Waals surface area contributed by atoms with Gasteiger partial charge in [-0.15, -0.1) is 0 Å². The van der Waals surface area contributed by atoms with Crippen LogP contribution in [0.2, 0.25) is 0 Å². The number of aliphatic hydroxyl groups excluding tert-OH is 1. The number of ether oxygens (including phenoxy) is 2. The van der Waals surface area contributed by atoms with E-state index < -0.39 is 5.60 Å². The Bertz CT molecular complexity index is 599. The number of rotatable bonds is 5. The third-order valence-corrected chi connectivity index (χ3v) is 4.53. The maximum absolute atomic E-state index is 12.1. The molecular formula is C18H26N2O4. The van der Waals surface area contributed by atoms with Crippen molar-refractivity contribution >= 4 is 6.09 Å². The Morgan fingerprint density at radius 1 is 1.42 bits per heavy atom. The van der Waals surface area contributed by atoms with E-state index in [2.05, 4.69) is 4.98 Å². The highest BCUT2D eigenvalue weighted by Crippen LogP contribution is 2.47. The zero-order chi connectivity index (χ0) is 17.3. The zero-order valence-corrected chi connectivity index (χ0v) is 14.6. The Kier molecular flexibility index (Phi) is 4.67. The highest BCUT2D eigenvalue weighted by Gasteiger charge is 2.38. The molecule has 1 saturated heterocycles. The molecule has 2 fully saturated rings. The average Bonchev–Trinajstić information content (AvgIpc) is 3.24. The van der Waals surface area contributed by atoms with Crippen molar-refractivity contribution < 1.29 is 19.4 Å². The first kappa shape index (κ1) is 17.0. The van der Waals surface area contributed by atoms with Crippen LogP contribution in [0.15, 0.2) is 18.5 Å². The highest BCUT2D eigenvalue weighted by molar-refractivity contribution is 5.69. The van der Waals surface area contributed by atoms with Crippen molar-refractivity contribution in [2.24, 2.45) is 5.92 Å². The van der Waals surface area contributed by atoms with Crippen molar-refractivity contribution in [1.29, 1.82) is 0 Å². The smallest absolute Gasteiger partial charge is 0.410 e. The summed E-state index contributed by atoms with van der Waals surface area (Å²) in [5.41, 5.74) is 0.633. The van der Waals surface area contributed by atoms with Gasteiger partial charge in [0.1, 0.15) is 18.0 Å². The first-order valence-corrected chi connectivity index (χ1v) is 8.55. The Morgan fingerprint density at radius 3 is 2.79 bits per heavy atom. The Labute approximate surface area is 142 Å². The lowest BCUT2D eigenvalue weighted by molar-refractivity contribution is -0.0141. The summed E-state index contributed by atoms with van der Waals surface area (Å²) in [6.45, 7) is 6.98. The van der Waals surface area contributed by atoms with Gasteiger partial charge in [0.2, 0.25) is 0 Å². The van der Waals surface area contributed by atoms with Crippen LogP contribution in [0, 0.1) is 5.92 Å². The summed E-state index contributed by atoms with van der Waals surface area (Å²) in [5, 5.41) is 9.18. The standard InChI is InChI=1S/C18H26N2O4/c1-18(2,3)24-17(22)20-5-4-14(20)11-23-15-6-12(8-19-9-15)16-7-13(16)10-21/h6,8-9,13-14,16,21H,4-5,7,10-11H2,1-3H3/t13-,14+,16?/m1/s1. The monoisotopic (exact) mass is 334 g/mol. The van der Waals surface area contributed by atoms with E-state index in [-0.39, 0.29) is 18.7 Å². The first-order valence-electron chi connectivity index (χ1n) is 8.55. The molecule has 1 saturated carbocycles. The summed E-state index contributed by atoms with van der Waals surface area (Å²) in [7, 11) is 0. The third-order valence-electron chi connectivity index (χ3n) is 4.53. The predicted molar refractivity (Wildman–Crippen MR) is 89.0 cm³/mol. The lowest BCUT2D eigenvalue weighted by atomic mass is 10.1. The van der Waals surface area contributed by atoms with Crippen molar-refractivity contribution in [2.45, 2.75) is 51.2 Å². The lowest BCUT2D eigenvalue weighted by Crippen LogP contribution is -2.55. The molecule has 24 heavy (non-hydrogen) atoms. The minimum absolute atomic E-state index is 0.0506. The Balaban J connectivity index is 1.51. The van der Waals surface area contributed by atoms with Crippen LogP contribution < -0.4 is 4.74 Å². The maximum atomic E-state index is 12.1.